The zero-order valence-electron chi connectivity index (χ0n) is 9.24. The first-order valence-corrected chi connectivity index (χ1v) is 5.46. The molecule has 0 saturated carbocycles. The first kappa shape index (κ1) is 10.2. The number of nitrogens with zero attached hydrogens (tertiary/aromatic N) is 1. The van der Waals surface area contributed by atoms with Crippen LogP contribution in [0.15, 0.2) is 41.6 Å². The first-order valence-electron chi connectivity index (χ1n) is 5.46. The van der Waals surface area contributed by atoms with Gasteiger partial charge in [0.05, 0.1) is 0 Å². The van der Waals surface area contributed by atoms with Crippen LogP contribution in [0.1, 0.15) is 18.9 Å². The summed E-state index contributed by atoms with van der Waals surface area (Å²) in [5.41, 5.74) is 9.74. The molecule has 2 nitrogen and oxygen atoms in total. The summed E-state index contributed by atoms with van der Waals surface area (Å²) < 4.78 is 0. The Morgan fingerprint density at radius 1 is 1.27 bits per heavy atom. The van der Waals surface area contributed by atoms with Gasteiger partial charge in [0.2, 0.25) is 0 Å². The van der Waals surface area contributed by atoms with Crippen molar-refractivity contribution in [2.45, 2.75) is 19.9 Å². The van der Waals surface area contributed by atoms with E-state index in [4.69, 9.17) is 5.73 Å². The number of rotatable bonds is 2. The second-order valence-electron chi connectivity index (χ2n) is 4.25. The molecule has 1 aliphatic rings. The Labute approximate surface area is 91.4 Å². The summed E-state index contributed by atoms with van der Waals surface area (Å²) in [6.45, 7) is 5.19. The predicted octanol–water partition coefficient (Wildman–Crippen LogP) is 2.12. The highest BCUT2D eigenvalue weighted by Gasteiger charge is 2.13. The highest BCUT2D eigenvalue weighted by atomic mass is 15.1. The average molecular weight is 202 g/mol. The summed E-state index contributed by atoms with van der Waals surface area (Å²) in [7, 11) is 0. The first-order chi connectivity index (χ1) is 7.25. The fraction of sp³-hybridized carbons (Fsp3) is 0.385. The van der Waals surface area contributed by atoms with E-state index in [1.807, 2.05) is 0 Å². The van der Waals surface area contributed by atoms with Crippen molar-refractivity contribution >= 4 is 0 Å². The van der Waals surface area contributed by atoms with Gasteiger partial charge in [-0.1, -0.05) is 35.9 Å². The number of hydrogen-bond acceptors (Lipinski definition) is 2. The van der Waals surface area contributed by atoms with Gasteiger partial charge >= 0.3 is 0 Å². The van der Waals surface area contributed by atoms with Gasteiger partial charge in [0.15, 0.2) is 0 Å². The zero-order valence-corrected chi connectivity index (χ0v) is 9.24. The molecule has 2 N–H and O–H groups in total. The van der Waals surface area contributed by atoms with Crippen LogP contribution < -0.4 is 5.73 Å². The van der Waals surface area contributed by atoms with Crippen molar-refractivity contribution in [3.8, 4) is 0 Å². The van der Waals surface area contributed by atoms with Crippen molar-refractivity contribution in [3.63, 3.8) is 0 Å². The monoisotopic (exact) mass is 202 g/mol. The van der Waals surface area contributed by atoms with Crippen LogP contribution in [0.2, 0.25) is 0 Å². The molecule has 0 spiro atoms. The van der Waals surface area contributed by atoms with Crippen LogP contribution >= 0.6 is 0 Å². The lowest BCUT2D eigenvalue weighted by molar-refractivity contribution is 0.276. The summed E-state index contributed by atoms with van der Waals surface area (Å²) >= 11 is 0. The molecule has 0 fully saturated rings. The maximum atomic E-state index is 5.96. The number of benzene rings is 1. The van der Waals surface area contributed by atoms with E-state index in [-0.39, 0.29) is 0 Å². The fourth-order valence-electron chi connectivity index (χ4n) is 1.92. The topological polar surface area (TPSA) is 29.3 Å². The number of nitrogens with two attached hydrogens (primary N) is 1. The Hall–Kier alpha value is -1.28. The van der Waals surface area contributed by atoms with E-state index in [0.717, 1.165) is 31.8 Å². The SMILES string of the molecule is CC1=C(N)CN(Cc2ccccc2)CC1. The van der Waals surface area contributed by atoms with Crippen molar-refractivity contribution in [1.29, 1.82) is 0 Å². The summed E-state index contributed by atoms with van der Waals surface area (Å²) in [5, 5.41) is 0. The lowest BCUT2D eigenvalue weighted by Crippen LogP contribution is -2.33. The van der Waals surface area contributed by atoms with Crippen LogP contribution in [-0.2, 0) is 6.54 Å². The van der Waals surface area contributed by atoms with Crippen LogP contribution in [0.5, 0.6) is 0 Å². The highest BCUT2D eigenvalue weighted by molar-refractivity contribution is 5.17. The highest BCUT2D eigenvalue weighted by Crippen LogP contribution is 2.15. The van der Waals surface area contributed by atoms with E-state index >= 15 is 0 Å². The maximum Gasteiger partial charge on any atom is 0.0382 e. The van der Waals surface area contributed by atoms with E-state index in [1.165, 1.54) is 11.1 Å². The van der Waals surface area contributed by atoms with Gasteiger partial charge in [0.1, 0.15) is 0 Å². The molecule has 0 amide bonds. The standard InChI is InChI=1S/C13H18N2/c1-11-7-8-15(10-13(11)14)9-12-5-3-2-4-6-12/h2-6H,7-10,14H2,1H3. The van der Waals surface area contributed by atoms with Crippen molar-refractivity contribution in [3.05, 3.63) is 47.2 Å². The van der Waals surface area contributed by atoms with Gasteiger partial charge in [-0.15, -0.1) is 0 Å². The summed E-state index contributed by atoms with van der Waals surface area (Å²) in [6, 6.07) is 10.6. The lowest BCUT2D eigenvalue weighted by Gasteiger charge is -2.28. The van der Waals surface area contributed by atoms with Gasteiger partial charge in [-0.3, -0.25) is 4.90 Å². The molecule has 2 heteroatoms. The Morgan fingerprint density at radius 2 is 2.00 bits per heavy atom. The molecule has 1 aromatic carbocycles. The lowest BCUT2D eigenvalue weighted by atomic mass is 10.1. The fourth-order valence-corrected chi connectivity index (χ4v) is 1.92. The molecule has 2 rings (SSSR count). The van der Waals surface area contributed by atoms with Crippen LogP contribution in [0.25, 0.3) is 0 Å². The summed E-state index contributed by atoms with van der Waals surface area (Å²) in [4.78, 5) is 2.40. The van der Waals surface area contributed by atoms with Gasteiger partial charge in [-0.2, -0.15) is 0 Å². The Bertz CT molecular complexity index is 354. The molecule has 0 atom stereocenters. The molecule has 0 aromatic heterocycles. The summed E-state index contributed by atoms with van der Waals surface area (Å²) in [6.07, 6.45) is 1.11. The minimum absolute atomic E-state index is 0.917. The van der Waals surface area contributed by atoms with E-state index in [0.29, 0.717) is 0 Å². The molecule has 0 radical (unpaired) electrons. The van der Waals surface area contributed by atoms with Crippen LogP contribution in [0.4, 0.5) is 0 Å². The van der Waals surface area contributed by atoms with Gasteiger partial charge in [-0.25, -0.2) is 0 Å². The van der Waals surface area contributed by atoms with E-state index in [2.05, 4.69) is 42.2 Å². The Balaban J connectivity index is 1.98. The molecule has 1 aromatic rings. The molecule has 0 bridgehead atoms. The largest absolute Gasteiger partial charge is 0.401 e. The molecule has 0 unspecified atom stereocenters. The molecule has 0 saturated heterocycles. The van der Waals surface area contributed by atoms with Gasteiger partial charge in [0, 0.05) is 25.3 Å². The van der Waals surface area contributed by atoms with E-state index in [1.54, 1.807) is 0 Å². The van der Waals surface area contributed by atoms with Crippen molar-refractivity contribution in [1.82, 2.24) is 4.90 Å². The van der Waals surface area contributed by atoms with E-state index in [9.17, 15) is 0 Å². The second-order valence-corrected chi connectivity index (χ2v) is 4.25. The minimum atomic E-state index is 0.917. The van der Waals surface area contributed by atoms with Crippen LogP contribution in [0.3, 0.4) is 0 Å². The van der Waals surface area contributed by atoms with Crippen molar-refractivity contribution < 1.29 is 0 Å². The molecule has 1 aliphatic heterocycles. The Morgan fingerprint density at radius 3 is 2.67 bits per heavy atom. The van der Waals surface area contributed by atoms with Crippen LogP contribution in [-0.4, -0.2) is 18.0 Å². The normalized spacial score (nSPS) is 18.2. The molecule has 80 valence electrons. The molecular formula is C13H18N2. The molecule has 1 heterocycles. The van der Waals surface area contributed by atoms with Gasteiger partial charge in [-0.05, 0) is 18.9 Å². The third-order valence-corrected chi connectivity index (χ3v) is 2.99. The maximum absolute atomic E-state index is 5.96. The Kier molecular flexibility index (Phi) is 3.07. The molecular weight excluding hydrogens is 184 g/mol. The molecule has 15 heavy (non-hydrogen) atoms. The minimum Gasteiger partial charge on any atom is -0.401 e. The van der Waals surface area contributed by atoms with Gasteiger partial charge < -0.3 is 5.73 Å². The second kappa shape index (κ2) is 4.49. The van der Waals surface area contributed by atoms with Gasteiger partial charge in [0.25, 0.3) is 0 Å². The third kappa shape index (κ3) is 2.60. The zero-order chi connectivity index (χ0) is 10.7. The number of hydrogen-bond donors (Lipinski definition) is 1. The van der Waals surface area contributed by atoms with Crippen LogP contribution in [0, 0.1) is 0 Å². The summed E-state index contributed by atoms with van der Waals surface area (Å²) in [5.74, 6) is 0. The smallest absolute Gasteiger partial charge is 0.0382 e. The third-order valence-electron chi connectivity index (χ3n) is 2.99. The average Bonchev–Trinajstić information content (AvgIpc) is 2.25. The van der Waals surface area contributed by atoms with Crippen molar-refractivity contribution in [2.24, 2.45) is 5.73 Å². The van der Waals surface area contributed by atoms with E-state index < -0.39 is 0 Å². The molecule has 0 aliphatic carbocycles. The quantitative estimate of drug-likeness (QED) is 0.796. The van der Waals surface area contributed by atoms with Crippen molar-refractivity contribution in [2.75, 3.05) is 13.1 Å². The predicted molar refractivity (Wildman–Crippen MR) is 63.2 cm³/mol.